The first-order chi connectivity index (χ1) is 15.5. The van der Waals surface area contributed by atoms with Crippen LogP contribution in [0.5, 0.6) is 0 Å². The van der Waals surface area contributed by atoms with Gasteiger partial charge in [0.15, 0.2) is 5.69 Å². The molecule has 8 heteroatoms. The second kappa shape index (κ2) is 9.57. The van der Waals surface area contributed by atoms with E-state index in [0.29, 0.717) is 28.4 Å². The molecule has 4 rings (SSSR count). The van der Waals surface area contributed by atoms with Gasteiger partial charge in [0.05, 0.1) is 28.7 Å². The lowest BCUT2D eigenvalue weighted by atomic mass is 10.2. The summed E-state index contributed by atoms with van der Waals surface area (Å²) in [7, 11) is 0. The van der Waals surface area contributed by atoms with E-state index >= 15 is 0 Å². The summed E-state index contributed by atoms with van der Waals surface area (Å²) >= 11 is 1.39. The van der Waals surface area contributed by atoms with Gasteiger partial charge in [-0.2, -0.15) is 5.10 Å². The van der Waals surface area contributed by atoms with Crippen LogP contribution in [-0.2, 0) is 11.2 Å². The van der Waals surface area contributed by atoms with Crippen LogP contribution in [0, 0.1) is 6.92 Å². The second-order valence-electron chi connectivity index (χ2n) is 7.02. The van der Waals surface area contributed by atoms with Crippen molar-refractivity contribution < 1.29 is 14.3 Å². The van der Waals surface area contributed by atoms with Crippen molar-refractivity contribution in [1.29, 1.82) is 0 Å². The Hall–Kier alpha value is -3.78. The van der Waals surface area contributed by atoms with Crippen LogP contribution in [0.25, 0.3) is 5.69 Å². The van der Waals surface area contributed by atoms with E-state index < -0.39 is 5.97 Å². The van der Waals surface area contributed by atoms with Gasteiger partial charge in [-0.05, 0) is 37.6 Å². The average molecular weight is 447 g/mol. The first kappa shape index (κ1) is 21.5. The van der Waals surface area contributed by atoms with E-state index in [4.69, 9.17) is 4.74 Å². The number of benzene rings is 2. The van der Waals surface area contributed by atoms with Crippen molar-refractivity contribution in [3.8, 4) is 5.69 Å². The molecule has 0 fully saturated rings. The number of thiazole rings is 1. The maximum absolute atomic E-state index is 13.0. The van der Waals surface area contributed by atoms with Gasteiger partial charge in [-0.3, -0.25) is 4.79 Å². The van der Waals surface area contributed by atoms with E-state index in [1.165, 1.54) is 11.3 Å². The summed E-state index contributed by atoms with van der Waals surface area (Å²) in [6.45, 7) is 3.86. The van der Waals surface area contributed by atoms with Gasteiger partial charge in [0.25, 0.3) is 5.91 Å². The molecule has 32 heavy (non-hydrogen) atoms. The van der Waals surface area contributed by atoms with Crippen molar-refractivity contribution in [3.05, 3.63) is 93.7 Å². The van der Waals surface area contributed by atoms with E-state index in [9.17, 15) is 9.59 Å². The summed E-state index contributed by atoms with van der Waals surface area (Å²) < 4.78 is 6.54. The monoisotopic (exact) mass is 446 g/mol. The molecule has 0 spiro atoms. The highest BCUT2D eigenvalue weighted by molar-refractivity contribution is 7.14. The number of carbonyl (C=O) groups excluding carboxylic acids is 2. The number of hydrogen-bond acceptors (Lipinski definition) is 6. The molecular formula is C24H22N4O3S. The third-order valence-electron chi connectivity index (χ3n) is 4.72. The van der Waals surface area contributed by atoms with Crippen LogP contribution < -0.4 is 5.32 Å². The fourth-order valence-corrected chi connectivity index (χ4v) is 4.23. The van der Waals surface area contributed by atoms with E-state index in [-0.39, 0.29) is 18.2 Å². The van der Waals surface area contributed by atoms with Gasteiger partial charge in [0, 0.05) is 12.6 Å². The fourth-order valence-electron chi connectivity index (χ4n) is 3.24. The Bertz CT molecular complexity index is 1250. The molecule has 0 saturated heterocycles. The van der Waals surface area contributed by atoms with Crippen molar-refractivity contribution >= 4 is 28.9 Å². The lowest BCUT2D eigenvalue weighted by molar-refractivity contribution is 0.0518. The quantitative estimate of drug-likeness (QED) is 0.418. The molecule has 162 valence electrons. The second-order valence-corrected chi connectivity index (χ2v) is 8.11. The molecule has 1 N–H and O–H groups in total. The van der Waals surface area contributed by atoms with E-state index in [1.54, 1.807) is 29.9 Å². The van der Waals surface area contributed by atoms with Crippen molar-refractivity contribution in [3.63, 3.8) is 0 Å². The summed E-state index contributed by atoms with van der Waals surface area (Å²) in [6, 6.07) is 18.9. The molecule has 2 aromatic carbocycles. The first-order valence-corrected chi connectivity index (χ1v) is 11.0. The Balaban J connectivity index is 1.54. The number of para-hydroxylation sites is 2. The largest absolute Gasteiger partial charge is 0.461 e. The number of ether oxygens (including phenoxy) is 1. The summed E-state index contributed by atoms with van der Waals surface area (Å²) in [5.74, 6) is -0.719. The lowest BCUT2D eigenvalue weighted by Crippen LogP contribution is -2.14. The van der Waals surface area contributed by atoms with Gasteiger partial charge in [0.1, 0.15) is 4.88 Å². The standard InChI is InChI=1S/C24H22N4O3S/c1-3-31-24(30)19-13-14-28(27-19)20-12-8-7-11-18(20)26-23(29)22-16(2)25-21(32-22)15-17-9-5-4-6-10-17/h4-14H,3,15H2,1-2H3,(H,26,29). The Morgan fingerprint density at radius 1 is 1.06 bits per heavy atom. The number of anilines is 1. The molecule has 0 radical (unpaired) electrons. The molecule has 2 aromatic heterocycles. The highest BCUT2D eigenvalue weighted by atomic mass is 32.1. The third-order valence-corrected chi connectivity index (χ3v) is 5.87. The smallest absolute Gasteiger partial charge is 0.358 e. The summed E-state index contributed by atoms with van der Waals surface area (Å²) in [5, 5.41) is 8.14. The van der Waals surface area contributed by atoms with Crippen LogP contribution >= 0.6 is 11.3 Å². The van der Waals surface area contributed by atoms with E-state index in [0.717, 1.165) is 10.6 Å². The molecule has 0 saturated carbocycles. The maximum atomic E-state index is 13.0. The SMILES string of the molecule is CCOC(=O)c1ccn(-c2ccccc2NC(=O)c2sc(Cc3ccccc3)nc2C)n1. The molecule has 0 atom stereocenters. The minimum Gasteiger partial charge on any atom is -0.461 e. The van der Waals surface area contributed by atoms with Gasteiger partial charge in [-0.15, -0.1) is 11.3 Å². The Morgan fingerprint density at radius 2 is 1.81 bits per heavy atom. The van der Waals surface area contributed by atoms with Gasteiger partial charge in [0.2, 0.25) is 0 Å². The molecule has 2 heterocycles. The summed E-state index contributed by atoms with van der Waals surface area (Å²) in [5.41, 5.74) is 3.27. The predicted molar refractivity (Wildman–Crippen MR) is 124 cm³/mol. The van der Waals surface area contributed by atoms with Crippen LogP contribution in [0.2, 0.25) is 0 Å². The van der Waals surface area contributed by atoms with Gasteiger partial charge >= 0.3 is 5.97 Å². The number of aromatic nitrogens is 3. The summed E-state index contributed by atoms with van der Waals surface area (Å²) in [4.78, 5) is 30.1. The molecule has 0 unspecified atom stereocenters. The molecule has 1 amide bonds. The van der Waals surface area contributed by atoms with Gasteiger partial charge in [-0.1, -0.05) is 42.5 Å². The van der Waals surface area contributed by atoms with Crippen LogP contribution in [0.3, 0.4) is 0 Å². The number of esters is 1. The molecule has 0 bridgehead atoms. The molecule has 0 aliphatic rings. The van der Waals surface area contributed by atoms with Gasteiger partial charge < -0.3 is 10.1 Å². The Morgan fingerprint density at radius 3 is 2.59 bits per heavy atom. The number of carbonyl (C=O) groups is 2. The minimum absolute atomic E-state index is 0.205. The summed E-state index contributed by atoms with van der Waals surface area (Å²) in [6.07, 6.45) is 2.34. The van der Waals surface area contributed by atoms with Gasteiger partial charge in [-0.25, -0.2) is 14.5 Å². The number of nitrogens with one attached hydrogen (secondary N) is 1. The molecular weight excluding hydrogens is 424 g/mol. The average Bonchev–Trinajstić information content (AvgIpc) is 3.42. The number of rotatable bonds is 7. The zero-order valence-electron chi connectivity index (χ0n) is 17.7. The predicted octanol–water partition coefficient (Wildman–Crippen LogP) is 4.66. The topological polar surface area (TPSA) is 86.1 Å². The maximum Gasteiger partial charge on any atom is 0.358 e. The molecule has 0 aliphatic carbocycles. The van der Waals surface area contributed by atoms with Crippen molar-refractivity contribution in [2.75, 3.05) is 11.9 Å². The molecule has 7 nitrogen and oxygen atoms in total. The van der Waals surface area contributed by atoms with Crippen LogP contribution in [0.1, 0.15) is 43.3 Å². The van der Waals surface area contributed by atoms with Crippen LogP contribution in [0.4, 0.5) is 5.69 Å². The third kappa shape index (κ3) is 4.76. The number of aryl methyl sites for hydroxylation is 1. The Kier molecular flexibility index (Phi) is 6.42. The number of amides is 1. The zero-order valence-corrected chi connectivity index (χ0v) is 18.6. The highest BCUT2D eigenvalue weighted by Gasteiger charge is 2.18. The van der Waals surface area contributed by atoms with Crippen LogP contribution in [0.15, 0.2) is 66.9 Å². The first-order valence-electron chi connectivity index (χ1n) is 10.2. The lowest BCUT2D eigenvalue weighted by Gasteiger charge is -2.10. The highest BCUT2D eigenvalue weighted by Crippen LogP contribution is 2.25. The molecule has 0 aliphatic heterocycles. The minimum atomic E-state index is -0.487. The number of hydrogen-bond donors (Lipinski definition) is 1. The van der Waals surface area contributed by atoms with E-state index in [1.807, 2.05) is 55.5 Å². The van der Waals surface area contributed by atoms with E-state index in [2.05, 4.69) is 15.4 Å². The normalized spacial score (nSPS) is 10.7. The number of nitrogens with zero attached hydrogens (tertiary/aromatic N) is 3. The Labute approximate surface area is 189 Å². The van der Waals surface area contributed by atoms with Crippen molar-refractivity contribution in [2.45, 2.75) is 20.3 Å². The van der Waals surface area contributed by atoms with Crippen LogP contribution in [-0.4, -0.2) is 33.2 Å². The van der Waals surface area contributed by atoms with Crippen molar-refractivity contribution in [1.82, 2.24) is 14.8 Å². The molecule has 4 aromatic rings. The zero-order chi connectivity index (χ0) is 22.5. The fraction of sp³-hybridized carbons (Fsp3) is 0.167. The van der Waals surface area contributed by atoms with Crippen molar-refractivity contribution in [2.24, 2.45) is 0 Å².